The molecular formula is H42AlKO22S. The first-order valence-corrected chi connectivity index (χ1v) is 2.10. The molecule has 22 nitrogen and oxygen atoms in total. The van der Waals surface area contributed by atoms with E-state index in [9.17, 15) is 0 Å². The van der Waals surface area contributed by atoms with Crippen LogP contribution in [0.15, 0.2) is 0 Å². The molecule has 0 saturated heterocycles. The van der Waals surface area contributed by atoms with Crippen LogP contribution < -0.4 is 0 Å². The first-order valence-electron chi connectivity index (χ1n) is 0.698. The summed E-state index contributed by atoms with van der Waals surface area (Å²) in [5.41, 5.74) is 0. The van der Waals surface area contributed by atoms with E-state index in [0.29, 0.717) is 0 Å². The quantitative estimate of drug-likeness (QED) is 0.245. The molecule has 0 amide bonds. The monoisotopic (exact) mass is 492 g/mol. The van der Waals surface area contributed by atoms with Crippen molar-refractivity contribution in [3.8, 4) is 0 Å². The third-order valence-electron chi connectivity index (χ3n) is 0. The van der Waals surface area contributed by atoms with Crippen LogP contribution in [0.5, 0.6) is 0 Å². The molecule has 0 aromatic carbocycles. The zero-order chi connectivity index (χ0) is 4.50. The van der Waals surface area contributed by atoms with Crippen LogP contribution >= 0.6 is 0 Å². The minimum atomic E-state index is -4.67. The van der Waals surface area contributed by atoms with Crippen molar-refractivity contribution in [1.29, 1.82) is 0 Å². The maximum atomic E-state index is 8.74. The van der Waals surface area contributed by atoms with Gasteiger partial charge in [-0.25, -0.2) is 0 Å². The average molecular weight is 492 g/mol. The van der Waals surface area contributed by atoms with Crippen LogP contribution in [0, 0.1) is 0 Å². The van der Waals surface area contributed by atoms with Crippen LogP contribution in [0.2, 0.25) is 0 Å². The van der Waals surface area contributed by atoms with Crippen LogP contribution in [-0.4, -0.2) is 185 Å². The SMILES string of the molecule is O.O.O.O.O.O.O.O.O.O.O.O.O.O.O.O.O.O.O=S(=O)(O)O.[AlH3].[KH]. The molecule has 0 heterocycles. The van der Waals surface area contributed by atoms with Gasteiger partial charge in [0.2, 0.25) is 0 Å². The molecule has 0 bridgehead atoms. The van der Waals surface area contributed by atoms with E-state index < -0.39 is 10.4 Å². The third-order valence-corrected chi connectivity index (χ3v) is 0. The molecule has 0 saturated carbocycles. The van der Waals surface area contributed by atoms with Gasteiger partial charge >= 0.3 is 61.8 Å². The Hall–Kier alpha value is 1.32. The second-order valence-electron chi connectivity index (χ2n) is 0.448. The van der Waals surface area contributed by atoms with Crippen LogP contribution in [-0.2, 0) is 10.4 Å². The minimum absolute atomic E-state index is 0. The Balaban J connectivity index is -0.000000000421. The summed E-state index contributed by atoms with van der Waals surface area (Å²) < 4.78 is 31.6. The van der Waals surface area contributed by atoms with Crippen molar-refractivity contribution in [2.24, 2.45) is 0 Å². The van der Waals surface area contributed by atoms with Gasteiger partial charge in [-0.3, -0.25) is 9.11 Å². The van der Waals surface area contributed by atoms with Crippen molar-refractivity contribution < 1.29 is 116 Å². The topological polar surface area (TPSA) is 642 Å². The Morgan fingerprint density at radius 2 is 0.360 bits per heavy atom. The molecule has 0 unspecified atom stereocenters. The van der Waals surface area contributed by atoms with Gasteiger partial charge < -0.3 is 98.6 Å². The molecule has 0 aliphatic heterocycles. The Morgan fingerprint density at radius 3 is 0.360 bits per heavy atom. The van der Waals surface area contributed by atoms with Crippen molar-refractivity contribution in [3.05, 3.63) is 0 Å². The molecule has 25 heavy (non-hydrogen) atoms. The number of hydrogen-bond acceptors (Lipinski definition) is 2. The van der Waals surface area contributed by atoms with E-state index in [2.05, 4.69) is 0 Å². The standard InChI is InChI=1S/Al.K.H2O4S.18H2O.4H/c;;1-5(2,3)4;;;;;;;;;;;;;;;;;;;;;;/h;;(H2,1,2,3,4);18*1H2;;;;. The van der Waals surface area contributed by atoms with E-state index in [1.165, 1.54) is 0 Å². The van der Waals surface area contributed by atoms with Crippen LogP contribution in [0.1, 0.15) is 0 Å². The van der Waals surface area contributed by atoms with Gasteiger partial charge in [0.1, 0.15) is 0 Å². The Kier molecular flexibility index (Phi) is 6670. The molecular weight excluding hydrogens is 450 g/mol. The van der Waals surface area contributed by atoms with Crippen molar-refractivity contribution in [1.82, 2.24) is 0 Å². The first-order chi connectivity index (χ1) is 2.00. The van der Waals surface area contributed by atoms with Gasteiger partial charge in [0, 0.05) is 0 Å². The summed E-state index contributed by atoms with van der Waals surface area (Å²) in [6.45, 7) is 0. The van der Waals surface area contributed by atoms with Crippen molar-refractivity contribution >= 4 is 79.1 Å². The molecule has 38 N–H and O–H groups in total. The second-order valence-corrected chi connectivity index (χ2v) is 1.34. The fourth-order valence-electron chi connectivity index (χ4n) is 0. The van der Waals surface area contributed by atoms with Gasteiger partial charge in [-0.1, -0.05) is 0 Å². The molecule has 184 valence electrons. The molecule has 0 aliphatic rings. The molecule has 0 aliphatic carbocycles. The normalized spacial score (nSPS) is 2.32. The molecule has 0 rings (SSSR count). The average Bonchev–Trinajstić information content (AvgIpc) is 0.722. The molecule has 0 spiro atoms. The van der Waals surface area contributed by atoms with E-state index in [1.54, 1.807) is 0 Å². The van der Waals surface area contributed by atoms with Crippen LogP contribution in [0.4, 0.5) is 0 Å². The van der Waals surface area contributed by atoms with Gasteiger partial charge in [0.05, 0.1) is 0 Å². The Labute approximate surface area is 193 Å². The molecule has 0 aromatic rings. The second kappa shape index (κ2) is 280. The van der Waals surface area contributed by atoms with E-state index in [1.807, 2.05) is 0 Å². The van der Waals surface area contributed by atoms with Crippen molar-refractivity contribution in [2.75, 3.05) is 0 Å². The van der Waals surface area contributed by atoms with Crippen LogP contribution in [0.3, 0.4) is 0 Å². The molecule has 0 radical (unpaired) electrons. The zero-order valence-corrected chi connectivity index (χ0v) is 11.9. The third kappa shape index (κ3) is 7920. The molecule has 0 aromatic heterocycles. The maximum absolute atomic E-state index is 8.74. The van der Waals surface area contributed by atoms with E-state index in [0.717, 1.165) is 0 Å². The molecule has 0 fully saturated rings. The summed E-state index contributed by atoms with van der Waals surface area (Å²) in [5, 5.41) is 0. The van der Waals surface area contributed by atoms with Gasteiger partial charge in [-0.2, -0.15) is 8.42 Å². The van der Waals surface area contributed by atoms with Gasteiger partial charge in [0.25, 0.3) is 0 Å². The Bertz CT molecular complexity index is 101. The summed E-state index contributed by atoms with van der Waals surface area (Å²) in [4.78, 5) is 0. The molecule has 0 atom stereocenters. The van der Waals surface area contributed by atoms with Crippen LogP contribution in [0.25, 0.3) is 0 Å². The number of hydrogen-bond donors (Lipinski definition) is 2. The number of rotatable bonds is 0. The first kappa shape index (κ1) is 596. The van der Waals surface area contributed by atoms with E-state index in [4.69, 9.17) is 17.5 Å². The predicted octanol–water partition coefficient (Wildman–Crippen LogP) is -17.3. The zero-order valence-electron chi connectivity index (χ0n) is 11.1. The van der Waals surface area contributed by atoms with Crippen molar-refractivity contribution in [2.45, 2.75) is 0 Å². The van der Waals surface area contributed by atoms with E-state index in [-0.39, 0.29) is 167 Å². The van der Waals surface area contributed by atoms with Gasteiger partial charge in [0.15, 0.2) is 17.4 Å². The summed E-state index contributed by atoms with van der Waals surface area (Å²) in [5.74, 6) is 0. The summed E-state index contributed by atoms with van der Waals surface area (Å²) in [7, 11) is -4.67. The summed E-state index contributed by atoms with van der Waals surface area (Å²) >= 11 is 0. The van der Waals surface area contributed by atoms with Gasteiger partial charge in [-0.15, -0.1) is 0 Å². The predicted molar refractivity (Wildman–Crippen MR) is 96.3 cm³/mol. The molecule has 25 heteroatoms. The Morgan fingerprint density at radius 1 is 0.360 bits per heavy atom. The summed E-state index contributed by atoms with van der Waals surface area (Å²) in [6, 6.07) is 0. The van der Waals surface area contributed by atoms with Gasteiger partial charge in [-0.05, 0) is 0 Å². The fraction of sp³-hybridized carbons (Fsp3) is 0. The van der Waals surface area contributed by atoms with Crippen molar-refractivity contribution in [3.63, 3.8) is 0 Å². The van der Waals surface area contributed by atoms with E-state index >= 15 is 0 Å². The fourth-order valence-corrected chi connectivity index (χ4v) is 0. The summed E-state index contributed by atoms with van der Waals surface area (Å²) in [6.07, 6.45) is 0.